The number of hydrogen-bond donors (Lipinski definition) is 2. The molecule has 1 heterocycles. The van der Waals surface area contributed by atoms with Gasteiger partial charge in [-0.2, -0.15) is 0 Å². The lowest BCUT2D eigenvalue weighted by Crippen LogP contribution is -2.25. The third-order valence-electron chi connectivity index (χ3n) is 4.44. The lowest BCUT2D eigenvalue weighted by atomic mass is 10.1. The van der Waals surface area contributed by atoms with Crippen LogP contribution in [0, 0.1) is 6.92 Å². The summed E-state index contributed by atoms with van der Waals surface area (Å²) in [5, 5.41) is 5.17. The molecular formula is C22H22NO5PS. The van der Waals surface area contributed by atoms with Crippen molar-refractivity contribution in [2.24, 2.45) is 0 Å². The minimum absolute atomic E-state index is 0.356. The van der Waals surface area contributed by atoms with Crippen LogP contribution in [0.15, 0.2) is 54.0 Å². The number of hydrogen-bond acceptors (Lipinski definition) is 5. The molecule has 6 nitrogen and oxygen atoms in total. The minimum atomic E-state index is -3.79. The lowest BCUT2D eigenvalue weighted by Gasteiger charge is -2.18. The number of nitrogens with one attached hydrogen (secondary N) is 1. The van der Waals surface area contributed by atoms with E-state index >= 15 is 0 Å². The van der Waals surface area contributed by atoms with Crippen molar-refractivity contribution in [1.82, 2.24) is 5.32 Å². The van der Waals surface area contributed by atoms with Crippen molar-refractivity contribution in [1.29, 1.82) is 0 Å². The summed E-state index contributed by atoms with van der Waals surface area (Å²) in [6.07, 6.45) is 2.95. The van der Waals surface area contributed by atoms with Crippen LogP contribution in [0.5, 0.6) is 5.75 Å². The number of thiophene rings is 1. The third kappa shape index (κ3) is 5.05. The minimum Gasteiger partial charge on any atom is -0.426 e. The number of rotatable bonds is 6. The third-order valence-corrected chi connectivity index (χ3v) is 6.89. The first kappa shape index (κ1) is 22.0. The van der Waals surface area contributed by atoms with E-state index in [9.17, 15) is 19.0 Å². The lowest BCUT2D eigenvalue weighted by molar-refractivity contribution is -0.131. The quantitative estimate of drug-likeness (QED) is 0.322. The topological polar surface area (TPSA) is 92.7 Å². The summed E-state index contributed by atoms with van der Waals surface area (Å²) in [6.45, 7) is 4.43. The molecule has 2 aromatic carbocycles. The molecule has 0 bridgehead atoms. The highest BCUT2D eigenvalue weighted by atomic mass is 32.1. The second-order valence-electron chi connectivity index (χ2n) is 7.01. The summed E-state index contributed by atoms with van der Waals surface area (Å²) >= 11 is 1.43. The summed E-state index contributed by atoms with van der Waals surface area (Å²) in [6, 6.07) is 12.7. The van der Waals surface area contributed by atoms with E-state index in [1.54, 1.807) is 35.7 Å². The first-order valence-electron chi connectivity index (χ1n) is 9.19. The maximum atomic E-state index is 12.9. The predicted molar refractivity (Wildman–Crippen MR) is 120 cm³/mol. The first-order chi connectivity index (χ1) is 14.2. The van der Waals surface area contributed by atoms with Crippen LogP contribution in [-0.4, -0.2) is 23.4 Å². The molecular weight excluding hydrogens is 421 g/mol. The van der Waals surface area contributed by atoms with E-state index in [1.165, 1.54) is 31.1 Å². The highest BCUT2D eigenvalue weighted by Gasteiger charge is 2.36. The van der Waals surface area contributed by atoms with Crippen LogP contribution in [0.25, 0.3) is 16.2 Å². The molecule has 0 radical (unpaired) electrons. The zero-order valence-electron chi connectivity index (χ0n) is 16.8. The molecule has 0 aliphatic carbocycles. The number of aryl methyl sites for hydroxylation is 1. The van der Waals surface area contributed by atoms with Gasteiger partial charge in [-0.25, -0.2) is 0 Å². The van der Waals surface area contributed by atoms with Crippen LogP contribution in [0.3, 0.4) is 0 Å². The molecule has 2 atom stereocenters. The molecule has 0 spiro atoms. The molecule has 156 valence electrons. The van der Waals surface area contributed by atoms with Gasteiger partial charge in [0.1, 0.15) is 11.4 Å². The van der Waals surface area contributed by atoms with Crippen LogP contribution < -0.4 is 10.1 Å². The van der Waals surface area contributed by atoms with E-state index in [4.69, 9.17) is 4.74 Å². The predicted octanol–water partition coefficient (Wildman–Crippen LogP) is 4.86. The molecule has 2 N–H and O–H groups in total. The van der Waals surface area contributed by atoms with Gasteiger partial charge in [-0.05, 0) is 41.5 Å². The number of carbonyl (C=O) groups excluding carboxylic acids is 2. The number of amides is 1. The van der Waals surface area contributed by atoms with E-state index < -0.39 is 24.9 Å². The Balaban J connectivity index is 1.88. The highest BCUT2D eigenvalue weighted by molar-refractivity contribution is 7.58. The number of esters is 1. The zero-order valence-corrected chi connectivity index (χ0v) is 18.5. The SMILES string of the molecule is CC(=O)Oc1ccccc1/C=C/NC(=O)C(c1csc2ccc(C)cc12)P(C)(=O)O. The highest BCUT2D eigenvalue weighted by Crippen LogP contribution is 2.54. The summed E-state index contributed by atoms with van der Waals surface area (Å²) in [4.78, 5) is 34.5. The van der Waals surface area contributed by atoms with Crippen LogP contribution >= 0.6 is 18.7 Å². The number of benzene rings is 2. The molecule has 2 unspecified atom stereocenters. The number of ether oxygens (including phenoxy) is 1. The summed E-state index contributed by atoms with van der Waals surface area (Å²) < 4.78 is 18.7. The summed E-state index contributed by atoms with van der Waals surface area (Å²) in [5.41, 5.74) is 0.941. The normalized spacial score (nSPS) is 14.4. The monoisotopic (exact) mass is 443 g/mol. The maximum absolute atomic E-state index is 12.9. The van der Waals surface area contributed by atoms with Gasteiger partial charge >= 0.3 is 5.97 Å². The second kappa shape index (κ2) is 8.96. The molecule has 0 saturated carbocycles. The number of para-hydroxylation sites is 1. The smallest absolute Gasteiger partial charge is 0.308 e. The van der Waals surface area contributed by atoms with Gasteiger partial charge in [0.05, 0.1) is 0 Å². The van der Waals surface area contributed by atoms with E-state index in [0.717, 1.165) is 15.6 Å². The molecule has 3 aromatic rings. The largest absolute Gasteiger partial charge is 0.426 e. The van der Waals surface area contributed by atoms with Crippen molar-refractivity contribution < 1.29 is 23.8 Å². The standard InChI is InChI=1S/C22H22NO5PS/c1-14-8-9-20-17(12-14)18(13-30-20)21(29(3,26)27)22(25)23-11-10-16-6-4-5-7-19(16)28-15(2)24/h4-13,21H,1-3H3,(H,23,25)(H,26,27)/b11-10+. The average molecular weight is 443 g/mol. The van der Waals surface area contributed by atoms with Crippen LogP contribution in [0.1, 0.15) is 29.3 Å². The van der Waals surface area contributed by atoms with Crippen molar-refractivity contribution in [3.05, 3.63) is 70.7 Å². The Hall–Kier alpha value is -2.73. The molecule has 30 heavy (non-hydrogen) atoms. The Morgan fingerprint density at radius 1 is 1.23 bits per heavy atom. The molecule has 1 aromatic heterocycles. The fourth-order valence-corrected chi connectivity index (χ4v) is 5.46. The first-order valence-corrected chi connectivity index (χ1v) is 12.2. The zero-order chi connectivity index (χ0) is 21.9. The van der Waals surface area contributed by atoms with Crippen molar-refractivity contribution in [2.45, 2.75) is 19.5 Å². The Morgan fingerprint density at radius 3 is 2.67 bits per heavy atom. The van der Waals surface area contributed by atoms with E-state index in [2.05, 4.69) is 5.32 Å². The van der Waals surface area contributed by atoms with Crippen LogP contribution in [0.4, 0.5) is 0 Å². The maximum Gasteiger partial charge on any atom is 0.308 e. The van der Waals surface area contributed by atoms with E-state index in [0.29, 0.717) is 16.9 Å². The van der Waals surface area contributed by atoms with Gasteiger partial charge in [0.15, 0.2) is 0 Å². The molecule has 8 heteroatoms. The van der Waals surface area contributed by atoms with Crippen molar-refractivity contribution in [3.8, 4) is 5.75 Å². The Morgan fingerprint density at radius 2 is 1.97 bits per heavy atom. The van der Waals surface area contributed by atoms with Gasteiger partial charge < -0.3 is 14.9 Å². The molecule has 1 amide bonds. The fraction of sp³-hybridized carbons (Fsp3) is 0.182. The van der Waals surface area contributed by atoms with Gasteiger partial charge in [-0.15, -0.1) is 11.3 Å². The molecule has 0 aliphatic rings. The number of fused-ring (bicyclic) bond motifs is 1. The fourth-order valence-electron chi connectivity index (χ4n) is 3.15. The van der Waals surface area contributed by atoms with Gasteiger partial charge in [-0.1, -0.05) is 35.9 Å². The second-order valence-corrected chi connectivity index (χ2v) is 10.3. The van der Waals surface area contributed by atoms with E-state index in [1.807, 2.05) is 25.1 Å². The molecule has 0 fully saturated rings. The Bertz CT molecular complexity index is 1180. The van der Waals surface area contributed by atoms with Gasteiger partial charge in [0.25, 0.3) is 0 Å². The van der Waals surface area contributed by atoms with Crippen molar-refractivity contribution in [2.75, 3.05) is 6.66 Å². The summed E-state index contributed by atoms with van der Waals surface area (Å²) in [7, 11) is -3.79. The van der Waals surface area contributed by atoms with E-state index in [-0.39, 0.29) is 0 Å². The molecule has 0 saturated heterocycles. The van der Waals surface area contributed by atoms with Gasteiger partial charge in [-0.3, -0.25) is 14.2 Å². The van der Waals surface area contributed by atoms with Crippen molar-refractivity contribution in [3.63, 3.8) is 0 Å². The molecule has 3 rings (SSSR count). The van der Waals surface area contributed by atoms with Gasteiger partial charge in [0.2, 0.25) is 13.3 Å². The molecule has 0 aliphatic heterocycles. The van der Waals surface area contributed by atoms with Crippen molar-refractivity contribution >= 4 is 46.7 Å². The van der Waals surface area contributed by atoms with Crippen LogP contribution in [0.2, 0.25) is 0 Å². The van der Waals surface area contributed by atoms with Crippen LogP contribution in [-0.2, 0) is 14.2 Å². The number of carbonyl (C=O) groups is 2. The Labute approximate surface area is 178 Å². The van der Waals surface area contributed by atoms with Gasteiger partial charge in [0, 0.05) is 30.1 Å². The Kier molecular flexibility index (Phi) is 6.56. The summed E-state index contributed by atoms with van der Waals surface area (Å²) in [5.74, 6) is -0.674. The average Bonchev–Trinajstić information content (AvgIpc) is 3.04.